The lowest BCUT2D eigenvalue weighted by Gasteiger charge is -2.09. The van der Waals surface area contributed by atoms with Gasteiger partial charge >= 0.3 is 11.9 Å². The van der Waals surface area contributed by atoms with Crippen LogP contribution in [0.3, 0.4) is 0 Å². The van der Waals surface area contributed by atoms with Crippen molar-refractivity contribution in [1.82, 2.24) is 0 Å². The largest absolute Gasteiger partial charge is 0.488 e. The maximum Gasteiger partial charge on any atom is 0.320 e. The molecule has 13 heteroatoms. The van der Waals surface area contributed by atoms with Gasteiger partial charge in [0, 0.05) is 7.11 Å². The van der Waals surface area contributed by atoms with Crippen LogP contribution in [0, 0.1) is 0 Å². The Bertz CT molecular complexity index is 1110. The summed E-state index contributed by atoms with van der Waals surface area (Å²) in [6.07, 6.45) is 0.573. The number of hydrogen-bond acceptors (Lipinski definition) is 11. The van der Waals surface area contributed by atoms with Gasteiger partial charge in [-0.25, -0.2) is 0 Å². The summed E-state index contributed by atoms with van der Waals surface area (Å²) in [6, 6.07) is 12.5. The van der Waals surface area contributed by atoms with Crippen molar-refractivity contribution < 1.29 is 43.7 Å². The number of oxime groups is 2. The number of carbonyl (C=O) groups is 2. The van der Waals surface area contributed by atoms with Gasteiger partial charge in [-0.3, -0.25) is 9.59 Å². The van der Waals surface area contributed by atoms with E-state index in [0.29, 0.717) is 50.1 Å². The first kappa shape index (κ1) is 37.8. The number of ether oxygens (including phenoxy) is 3. The second-order valence-electron chi connectivity index (χ2n) is 8.82. The Hall–Kier alpha value is -4.20. The van der Waals surface area contributed by atoms with Crippen molar-refractivity contribution >= 4 is 23.4 Å². The van der Waals surface area contributed by atoms with E-state index in [9.17, 15) is 9.59 Å². The number of rotatable bonds is 17. The number of carboxylic acid groups (broad SMARTS) is 2. The second-order valence-corrected chi connectivity index (χ2v) is 8.82. The van der Waals surface area contributed by atoms with Crippen molar-refractivity contribution in [1.29, 1.82) is 0 Å². The molecule has 234 valence electrons. The zero-order valence-electron chi connectivity index (χ0n) is 23.8. The highest BCUT2D eigenvalue weighted by Crippen LogP contribution is 2.14. The summed E-state index contributed by atoms with van der Waals surface area (Å²) < 4.78 is 15.8. The number of benzene rings is 2. The van der Waals surface area contributed by atoms with Gasteiger partial charge in [0.05, 0.1) is 18.0 Å². The van der Waals surface area contributed by atoms with Crippen molar-refractivity contribution in [2.75, 3.05) is 40.6 Å². The van der Waals surface area contributed by atoms with Crippen LogP contribution in [-0.2, 0) is 36.8 Å². The van der Waals surface area contributed by atoms with Gasteiger partial charge < -0.3 is 45.6 Å². The van der Waals surface area contributed by atoms with E-state index in [0.717, 1.165) is 16.8 Å². The van der Waals surface area contributed by atoms with Crippen LogP contribution in [-0.4, -0.2) is 86.3 Å². The summed E-state index contributed by atoms with van der Waals surface area (Å²) >= 11 is 0. The van der Waals surface area contributed by atoms with E-state index in [-0.39, 0.29) is 13.8 Å². The van der Waals surface area contributed by atoms with Gasteiger partial charge in [-0.15, -0.1) is 0 Å². The molecule has 42 heavy (non-hydrogen) atoms. The molecule has 0 fully saturated rings. The van der Waals surface area contributed by atoms with E-state index in [4.69, 9.17) is 40.7 Å². The molecule has 0 aliphatic heterocycles. The molecule has 2 aromatic rings. The molecule has 0 radical (unpaired) electrons. The first-order valence-corrected chi connectivity index (χ1v) is 12.7. The molecule has 0 heterocycles. The lowest BCUT2D eigenvalue weighted by molar-refractivity contribution is -0.139. The summed E-state index contributed by atoms with van der Waals surface area (Å²) in [7, 11) is 3.07. The molecule has 2 atom stereocenters. The molecule has 0 aliphatic carbocycles. The lowest BCUT2D eigenvalue weighted by Crippen LogP contribution is -2.32. The summed E-state index contributed by atoms with van der Waals surface area (Å²) in [5, 5.41) is 25.1. The molecule has 0 amide bonds. The average Bonchev–Trinajstić information content (AvgIpc) is 2.95. The van der Waals surface area contributed by atoms with Crippen LogP contribution in [0.15, 0.2) is 58.8 Å². The van der Waals surface area contributed by atoms with Crippen LogP contribution >= 0.6 is 0 Å². The number of nitrogens with two attached hydrogens (primary N) is 2. The molecule has 2 aromatic carbocycles. The molecule has 2 unspecified atom stereocenters. The molecule has 6 N–H and O–H groups in total. The van der Waals surface area contributed by atoms with Crippen molar-refractivity contribution in [3.63, 3.8) is 0 Å². The van der Waals surface area contributed by atoms with Gasteiger partial charge in [0.2, 0.25) is 0 Å². The molecule has 0 saturated heterocycles. The Kier molecular flexibility index (Phi) is 19.4. The quantitative estimate of drug-likeness (QED) is 0.120. The van der Waals surface area contributed by atoms with E-state index in [2.05, 4.69) is 15.1 Å². The molecule has 0 aliphatic rings. The summed E-state index contributed by atoms with van der Waals surface area (Å²) in [4.78, 5) is 31.0. The van der Waals surface area contributed by atoms with Crippen molar-refractivity contribution in [2.45, 2.75) is 46.2 Å². The summed E-state index contributed by atoms with van der Waals surface area (Å²) in [6.45, 7) is 5.11. The smallest absolute Gasteiger partial charge is 0.320 e. The molecule has 0 aromatic heterocycles. The maximum absolute atomic E-state index is 10.7. The minimum absolute atomic E-state index is 0. The minimum atomic E-state index is -1.01. The summed E-state index contributed by atoms with van der Waals surface area (Å²) in [5.74, 6) is -0.676. The Balaban J connectivity index is 0.000000790. The monoisotopic (exact) mass is 592 g/mol. The number of hydrogen-bond donors (Lipinski definition) is 4. The van der Waals surface area contributed by atoms with E-state index >= 15 is 0 Å². The molecule has 0 bridgehead atoms. The van der Waals surface area contributed by atoms with Crippen molar-refractivity contribution in [2.24, 2.45) is 21.8 Å². The third kappa shape index (κ3) is 16.8. The van der Waals surface area contributed by atoms with Gasteiger partial charge in [-0.2, -0.15) is 0 Å². The third-order valence-corrected chi connectivity index (χ3v) is 5.13. The van der Waals surface area contributed by atoms with Gasteiger partial charge in [-0.05, 0) is 62.1 Å². The normalized spacial score (nSPS) is 12.5. The first-order valence-electron chi connectivity index (χ1n) is 12.7. The lowest BCUT2D eigenvalue weighted by atomic mass is 10.1. The van der Waals surface area contributed by atoms with Gasteiger partial charge in [0.15, 0.2) is 0 Å². The van der Waals surface area contributed by atoms with Crippen LogP contribution in [0.2, 0.25) is 0 Å². The van der Waals surface area contributed by atoms with E-state index in [1.54, 1.807) is 69.5 Å². The molecule has 0 saturated carbocycles. The van der Waals surface area contributed by atoms with Gasteiger partial charge in [0.1, 0.15) is 50.5 Å². The Labute approximate surface area is 247 Å². The fraction of sp³-hybridized carbons (Fsp3) is 0.448. The standard InChI is InChI=1S/C15H22N2O5.C13H18N2O4.CH4/c1-11(17-22-8-7-20-2)10-21-13-5-3-12(4-6-13)9-14(16)15(18)19;1-9(15-18-2)8-19-11-5-3-10(4-6-11)7-12(14)13(16)17;/h3-6,14H,7-10,16H2,1-2H3,(H,18,19);3-6,12H,7-8,14H2,1-2H3,(H,16,17);1H4/b17-11+;15-9+;. The van der Waals surface area contributed by atoms with Crippen LogP contribution in [0.25, 0.3) is 0 Å². The zero-order chi connectivity index (χ0) is 30.6. The second kappa shape index (κ2) is 21.5. The molecule has 0 spiro atoms. The zero-order valence-corrected chi connectivity index (χ0v) is 23.8. The van der Waals surface area contributed by atoms with Gasteiger partial charge in [0.25, 0.3) is 0 Å². The van der Waals surface area contributed by atoms with Crippen LogP contribution in [0.4, 0.5) is 0 Å². The van der Waals surface area contributed by atoms with Crippen LogP contribution in [0.5, 0.6) is 11.5 Å². The molecule has 13 nitrogen and oxygen atoms in total. The molecule has 2 rings (SSSR count). The average molecular weight is 593 g/mol. The molecular weight excluding hydrogens is 548 g/mol. The highest BCUT2D eigenvalue weighted by molar-refractivity contribution is 5.83. The topological polar surface area (TPSA) is 198 Å². The number of nitrogens with zero attached hydrogens (tertiary/aromatic N) is 2. The highest BCUT2D eigenvalue weighted by Gasteiger charge is 2.12. The first-order chi connectivity index (χ1) is 19.5. The fourth-order valence-corrected chi connectivity index (χ4v) is 2.99. The van der Waals surface area contributed by atoms with E-state index in [1.807, 2.05) is 0 Å². The fourth-order valence-electron chi connectivity index (χ4n) is 2.99. The Morgan fingerprint density at radius 3 is 1.50 bits per heavy atom. The highest BCUT2D eigenvalue weighted by atomic mass is 16.6. The number of aliphatic carboxylic acids is 2. The van der Waals surface area contributed by atoms with Gasteiger partial charge in [-0.1, -0.05) is 42.0 Å². The number of methoxy groups -OCH3 is 1. The van der Waals surface area contributed by atoms with E-state index < -0.39 is 24.0 Å². The minimum Gasteiger partial charge on any atom is -0.488 e. The van der Waals surface area contributed by atoms with Crippen LogP contribution in [0.1, 0.15) is 32.4 Å². The Morgan fingerprint density at radius 1 is 0.738 bits per heavy atom. The predicted octanol–water partition coefficient (Wildman–Crippen LogP) is 2.74. The van der Waals surface area contributed by atoms with Crippen molar-refractivity contribution in [3.8, 4) is 11.5 Å². The SMILES string of the molecule is C.CO/N=C(\C)COc1ccc(CC(N)C(=O)O)cc1.COCCO/N=C(\C)COc1ccc(CC(N)C(=O)O)cc1. The maximum atomic E-state index is 10.7. The predicted molar refractivity (Wildman–Crippen MR) is 160 cm³/mol. The summed E-state index contributed by atoms with van der Waals surface area (Å²) in [5.41, 5.74) is 14.1. The number of carboxylic acids is 2. The Morgan fingerprint density at radius 2 is 1.14 bits per heavy atom. The van der Waals surface area contributed by atoms with Crippen molar-refractivity contribution in [3.05, 3.63) is 59.7 Å². The molecular formula is C29H44N4O9. The third-order valence-electron chi connectivity index (χ3n) is 5.13. The van der Waals surface area contributed by atoms with Crippen LogP contribution < -0.4 is 20.9 Å². The van der Waals surface area contributed by atoms with E-state index in [1.165, 1.54) is 7.11 Å².